The summed E-state index contributed by atoms with van der Waals surface area (Å²) in [5.41, 5.74) is 2.21. The lowest BCUT2D eigenvalue weighted by atomic mass is 9.94. The molecule has 96 valence electrons. The Balaban J connectivity index is 2.23. The van der Waals surface area contributed by atoms with Crippen LogP contribution < -0.4 is 0 Å². The number of carbonyl (C=O) groups is 1. The highest BCUT2D eigenvalue weighted by atomic mass is 16.2. The van der Waals surface area contributed by atoms with Crippen molar-refractivity contribution in [1.82, 2.24) is 4.90 Å². The molecule has 1 aromatic rings. The molecular formula is C16H21NO. The highest BCUT2D eigenvalue weighted by Gasteiger charge is 2.27. The Morgan fingerprint density at radius 1 is 1.28 bits per heavy atom. The van der Waals surface area contributed by atoms with Gasteiger partial charge in [-0.2, -0.15) is 0 Å². The molecule has 2 rings (SSSR count). The molecule has 1 aromatic carbocycles. The van der Waals surface area contributed by atoms with E-state index < -0.39 is 0 Å². The third-order valence-corrected chi connectivity index (χ3v) is 3.66. The third kappa shape index (κ3) is 2.47. The molecule has 0 bridgehead atoms. The van der Waals surface area contributed by atoms with E-state index in [-0.39, 0.29) is 11.9 Å². The average molecular weight is 243 g/mol. The highest BCUT2D eigenvalue weighted by Crippen LogP contribution is 2.24. The van der Waals surface area contributed by atoms with Crippen LogP contribution in [0.2, 0.25) is 0 Å². The second kappa shape index (κ2) is 5.85. The summed E-state index contributed by atoms with van der Waals surface area (Å²) in [5.74, 6) is 0.168. The van der Waals surface area contributed by atoms with Crippen molar-refractivity contribution >= 4 is 5.91 Å². The van der Waals surface area contributed by atoms with Gasteiger partial charge in [-0.15, -0.1) is 0 Å². The van der Waals surface area contributed by atoms with Gasteiger partial charge in [0.05, 0.1) is 6.04 Å². The van der Waals surface area contributed by atoms with Crippen molar-refractivity contribution < 1.29 is 4.79 Å². The van der Waals surface area contributed by atoms with Crippen LogP contribution in [0.3, 0.4) is 0 Å². The molecule has 2 nitrogen and oxygen atoms in total. The van der Waals surface area contributed by atoms with Crippen molar-refractivity contribution in [3.05, 3.63) is 47.5 Å². The van der Waals surface area contributed by atoms with Gasteiger partial charge in [-0.3, -0.25) is 4.79 Å². The second-order valence-corrected chi connectivity index (χ2v) is 4.71. The molecule has 18 heavy (non-hydrogen) atoms. The average Bonchev–Trinajstić information content (AvgIpc) is 2.46. The predicted octanol–water partition coefficient (Wildman–Crippen LogP) is 3.65. The molecule has 0 aromatic heterocycles. The molecule has 0 N–H and O–H groups in total. The Hall–Kier alpha value is -1.57. The zero-order valence-electron chi connectivity index (χ0n) is 11.2. The summed E-state index contributed by atoms with van der Waals surface area (Å²) in [4.78, 5) is 14.6. The summed E-state index contributed by atoms with van der Waals surface area (Å²) in [7, 11) is 0. The smallest absolute Gasteiger partial charge is 0.254 e. The first-order chi connectivity index (χ1) is 8.77. The van der Waals surface area contributed by atoms with E-state index in [2.05, 4.69) is 19.9 Å². The van der Waals surface area contributed by atoms with E-state index >= 15 is 0 Å². The molecule has 0 saturated carbocycles. The third-order valence-electron chi connectivity index (χ3n) is 3.66. The quantitative estimate of drug-likeness (QED) is 0.742. The van der Waals surface area contributed by atoms with Crippen LogP contribution in [-0.4, -0.2) is 23.4 Å². The van der Waals surface area contributed by atoms with Crippen LogP contribution in [0.1, 0.15) is 43.5 Å². The monoisotopic (exact) mass is 243 g/mol. The maximum Gasteiger partial charge on any atom is 0.254 e. The number of nitrogens with zero attached hydrogens (tertiary/aromatic N) is 1. The largest absolute Gasteiger partial charge is 0.332 e. The first-order valence-electron chi connectivity index (χ1n) is 6.82. The Morgan fingerprint density at radius 3 is 2.61 bits per heavy atom. The summed E-state index contributed by atoms with van der Waals surface area (Å²) in [5, 5.41) is 0. The first kappa shape index (κ1) is 12.9. The number of hydrogen-bond donors (Lipinski definition) is 0. The fourth-order valence-electron chi connectivity index (χ4n) is 2.73. The Bertz CT molecular complexity index is 436. The highest BCUT2D eigenvalue weighted by molar-refractivity contribution is 5.94. The van der Waals surface area contributed by atoms with Gasteiger partial charge in [0.2, 0.25) is 0 Å². The van der Waals surface area contributed by atoms with E-state index in [4.69, 9.17) is 0 Å². The molecule has 0 fully saturated rings. The van der Waals surface area contributed by atoms with Crippen molar-refractivity contribution in [2.75, 3.05) is 6.54 Å². The molecular weight excluding hydrogens is 222 g/mol. The van der Waals surface area contributed by atoms with Crippen molar-refractivity contribution in [3.8, 4) is 0 Å². The van der Waals surface area contributed by atoms with Gasteiger partial charge in [0, 0.05) is 12.1 Å². The molecule has 0 saturated heterocycles. The Kier molecular flexibility index (Phi) is 4.19. The lowest BCUT2D eigenvalue weighted by Gasteiger charge is -2.36. The van der Waals surface area contributed by atoms with Crippen molar-refractivity contribution in [1.29, 1.82) is 0 Å². The van der Waals surface area contributed by atoms with E-state index in [9.17, 15) is 4.79 Å². The minimum atomic E-state index is 0.168. The maximum absolute atomic E-state index is 12.5. The number of hydrogen-bond acceptors (Lipinski definition) is 1. The minimum Gasteiger partial charge on any atom is -0.332 e. The molecule has 0 spiro atoms. The molecule has 1 amide bonds. The van der Waals surface area contributed by atoms with E-state index in [0.717, 1.165) is 31.4 Å². The van der Waals surface area contributed by atoms with Crippen LogP contribution in [0, 0.1) is 0 Å². The van der Waals surface area contributed by atoms with Crippen LogP contribution in [0.5, 0.6) is 0 Å². The summed E-state index contributed by atoms with van der Waals surface area (Å²) < 4.78 is 0. The fraction of sp³-hybridized carbons (Fsp3) is 0.438. The van der Waals surface area contributed by atoms with Gasteiger partial charge in [0.1, 0.15) is 0 Å². The number of amides is 1. The predicted molar refractivity (Wildman–Crippen MR) is 74.5 cm³/mol. The summed E-state index contributed by atoms with van der Waals surface area (Å²) in [6.45, 7) is 5.17. The minimum absolute atomic E-state index is 0.168. The van der Waals surface area contributed by atoms with Crippen molar-refractivity contribution in [3.63, 3.8) is 0 Å². The molecule has 0 aliphatic carbocycles. The molecule has 1 heterocycles. The normalized spacial score (nSPS) is 19.6. The van der Waals surface area contributed by atoms with Gasteiger partial charge in [-0.1, -0.05) is 43.7 Å². The molecule has 1 aliphatic heterocycles. The van der Waals surface area contributed by atoms with Crippen molar-refractivity contribution in [2.45, 2.75) is 39.2 Å². The first-order valence-corrected chi connectivity index (χ1v) is 6.82. The van der Waals surface area contributed by atoms with E-state index in [1.54, 1.807) is 0 Å². The number of benzene rings is 1. The van der Waals surface area contributed by atoms with E-state index in [0.29, 0.717) is 0 Å². The zero-order chi connectivity index (χ0) is 13.0. The lowest BCUT2D eigenvalue weighted by molar-refractivity contribution is 0.0690. The van der Waals surface area contributed by atoms with Crippen LogP contribution in [0.15, 0.2) is 42.0 Å². The molecule has 1 atom stereocenters. The van der Waals surface area contributed by atoms with E-state index in [1.807, 2.05) is 35.2 Å². The van der Waals surface area contributed by atoms with Crippen LogP contribution in [0.25, 0.3) is 0 Å². The van der Waals surface area contributed by atoms with Crippen LogP contribution in [0.4, 0.5) is 0 Å². The van der Waals surface area contributed by atoms with E-state index in [1.165, 1.54) is 5.57 Å². The summed E-state index contributed by atoms with van der Waals surface area (Å²) >= 11 is 0. The fourth-order valence-corrected chi connectivity index (χ4v) is 2.73. The van der Waals surface area contributed by atoms with Crippen LogP contribution >= 0.6 is 0 Å². The van der Waals surface area contributed by atoms with Crippen molar-refractivity contribution in [2.24, 2.45) is 0 Å². The SMILES string of the molecule is CCC1=CCCN(C(=O)c2ccccc2)C1CC. The van der Waals surface area contributed by atoms with Gasteiger partial charge in [-0.05, 0) is 31.4 Å². The molecule has 2 heteroatoms. The van der Waals surface area contributed by atoms with Gasteiger partial charge in [-0.25, -0.2) is 0 Å². The van der Waals surface area contributed by atoms with Gasteiger partial charge in [0.15, 0.2) is 0 Å². The number of rotatable bonds is 3. The maximum atomic E-state index is 12.5. The molecule has 0 radical (unpaired) electrons. The summed E-state index contributed by atoms with van der Waals surface area (Å²) in [6.07, 6.45) is 5.33. The molecule has 1 unspecified atom stereocenters. The lowest BCUT2D eigenvalue weighted by Crippen LogP contribution is -2.43. The van der Waals surface area contributed by atoms with Crippen LogP contribution in [-0.2, 0) is 0 Å². The second-order valence-electron chi connectivity index (χ2n) is 4.71. The Labute approximate surface area is 109 Å². The Morgan fingerprint density at radius 2 is 2.00 bits per heavy atom. The molecule has 1 aliphatic rings. The van der Waals surface area contributed by atoms with Gasteiger partial charge >= 0.3 is 0 Å². The van der Waals surface area contributed by atoms with Gasteiger partial charge < -0.3 is 4.90 Å². The number of carbonyl (C=O) groups excluding carboxylic acids is 1. The topological polar surface area (TPSA) is 20.3 Å². The zero-order valence-corrected chi connectivity index (χ0v) is 11.2. The van der Waals surface area contributed by atoms with Gasteiger partial charge in [0.25, 0.3) is 5.91 Å². The summed E-state index contributed by atoms with van der Waals surface area (Å²) in [6, 6.07) is 9.89. The standard InChI is InChI=1S/C16H21NO/c1-3-13-11-8-12-17(15(13)4-2)16(18)14-9-6-5-7-10-14/h5-7,9-11,15H,3-4,8,12H2,1-2H3.